The van der Waals surface area contributed by atoms with E-state index in [1.54, 1.807) is 30.3 Å². The largest absolute Gasteiger partial charge is 0.496 e. The van der Waals surface area contributed by atoms with Crippen LogP contribution < -0.4 is 10.1 Å². The van der Waals surface area contributed by atoms with Gasteiger partial charge in [-0.3, -0.25) is 19.3 Å². The standard InChI is InChI=1S/C17H18N2O6S2/c1-25-13-5-3-2-4-11(13)8-14-16(21)19(17(22)26-14)9-15(20)18-12-6-7-27(23,24)10-12/h2-5,8,12H,6-7,9-10H2,1H3,(H,18,20)/b14-8+/t12-/m1/s1. The summed E-state index contributed by atoms with van der Waals surface area (Å²) in [5.41, 5.74) is 0.645. The third-order valence-electron chi connectivity index (χ3n) is 4.20. The SMILES string of the molecule is COc1ccccc1/C=C1/SC(=O)N(CC(=O)N[C@@H]2CCS(=O)(=O)C2)C1=O. The first kappa shape index (κ1) is 19.4. The van der Waals surface area contributed by atoms with Gasteiger partial charge in [-0.1, -0.05) is 18.2 Å². The Hall–Kier alpha value is -2.33. The normalized spacial score (nSPS) is 23.1. The molecular weight excluding hydrogens is 392 g/mol. The minimum atomic E-state index is -3.13. The van der Waals surface area contributed by atoms with Gasteiger partial charge in [0.15, 0.2) is 9.84 Å². The topological polar surface area (TPSA) is 110 Å². The van der Waals surface area contributed by atoms with Gasteiger partial charge in [-0.2, -0.15) is 0 Å². The lowest BCUT2D eigenvalue weighted by atomic mass is 10.2. The van der Waals surface area contributed by atoms with Gasteiger partial charge in [0.2, 0.25) is 5.91 Å². The minimum absolute atomic E-state index is 0.0289. The van der Waals surface area contributed by atoms with Crippen LogP contribution in [0.25, 0.3) is 6.08 Å². The predicted octanol–water partition coefficient (Wildman–Crippen LogP) is 1.03. The van der Waals surface area contributed by atoms with Gasteiger partial charge >= 0.3 is 0 Å². The van der Waals surface area contributed by atoms with Crippen molar-refractivity contribution in [1.29, 1.82) is 0 Å². The fourth-order valence-corrected chi connectivity index (χ4v) is 5.39. The molecule has 10 heteroatoms. The maximum absolute atomic E-state index is 12.5. The minimum Gasteiger partial charge on any atom is -0.496 e. The number of thioether (sulfide) groups is 1. The van der Waals surface area contributed by atoms with Crippen molar-refractivity contribution in [3.05, 3.63) is 34.7 Å². The molecule has 1 N–H and O–H groups in total. The summed E-state index contributed by atoms with van der Waals surface area (Å²) in [6, 6.07) is 6.57. The molecular formula is C17H18N2O6S2. The number of nitrogens with zero attached hydrogens (tertiary/aromatic N) is 1. The molecule has 2 saturated heterocycles. The third-order valence-corrected chi connectivity index (χ3v) is 6.87. The van der Waals surface area contributed by atoms with Gasteiger partial charge in [0.1, 0.15) is 12.3 Å². The number of carbonyl (C=O) groups excluding carboxylic acids is 3. The number of para-hydroxylation sites is 1. The van der Waals surface area contributed by atoms with Crippen molar-refractivity contribution in [2.75, 3.05) is 25.2 Å². The molecule has 2 heterocycles. The molecule has 2 fully saturated rings. The van der Waals surface area contributed by atoms with E-state index in [1.807, 2.05) is 0 Å². The highest BCUT2D eigenvalue weighted by atomic mass is 32.2. The number of ether oxygens (including phenoxy) is 1. The van der Waals surface area contributed by atoms with E-state index in [2.05, 4.69) is 5.32 Å². The number of hydrogen-bond acceptors (Lipinski definition) is 7. The molecule has 1 atom stereocenters. The lowest BCUT2D eigenvalue weighted by molar-refractivity contribution is -0.129. The Labute approximate surface area is 160 Å². The maximum Gasteiger partial charge on any atom is 0.294 e. The number of methoxy groups -OCH3 is 1. The zero-order valence-electron chi connectivity index (χ0n) is 14.5. The second-order valence-corrected chi connectivity index (χ2v) is 9.40. The van der Waals surface area contributed by atoms with E-state index >= 15 is 0 Å². The molecule has 3 amide bonds. The summed E-state index contributed by atoms with van der Waals surface area (Å²) in [5, 5.41) is 2.03. The first-order valence-corrected chi connectivity index (χ1v) is 10.8. The molecule has 3 rings (SSSR count). The van der Waals surface area contributed by atoms with Crippen LogP contribution in [0.4, 0.5) is 4.79 Å². The van der Waals surface area contributed by atoms with Gasteiger partial charge in [-0.15, -0.1) is 0 Å². The Kier molecular flexibility index (Phi) is 5.56. The highest BCUT2D eigenvalue weighted by Crippen LogP contribution is 2.33. The Morgan fingerprint density at radius 1 is 1.37 bits per heavy atom. The first-order valence-electron chi connectivity index (χ1n) is 8.17. The van der Waals surface area contributed by atoms with Crippen LogP contribution in [0.15, 0.2) is 29.2 Å². The summed E-state index contributed by atoms with van der Waals surface area (Å²) in [7, 11) is -1.62. The second kappa shape index (κ2) is 7.73. The van der Waals surface area contributed by atoms with Crippen LogP contribution in [0.5, 0.6) is 5.75 Å². The average Bonchev–Trinajstić information content (AvgIpc) is 3.08. The van der Waals surface area contributed by atoms with Gasteiger partial charge in [-0.05, 0) is 30.3 Å². The highest BCUT2D eigenvalue weighted by Gasteiger charge is 2.37. The highest BCUT2D eigenvalue weighted by molar-refractivity contribution is 8.18. The summed E-state index contributed by atoms with van der Waals surface area (Å²) < 4.78 is 28.1. The summed E-state index contributed by atoms with van der Waals surface area (Å²) in [4.78, 5) is 37.8. The van der Waals surface area contributed by atoms with Crippen LogP contribution >= 0.6 is 11.8 Å². The number of nitrogens with one attached hydrogen (secondary N) is 1. The maximum atomic E-state index is 12.5. The number of hydrogen-bond donors (Lipinski definition) is 1. The zero-order chi connectivity index (χ0) is 19.6. The number of benzene rings is 1. The Balaban J connectivity index is 1.67. The molecule has 0 bridgehead atoms. The van der Waals surface area contributed by atoms with E-state index in [4.69, 9.17) is 4.74 Å². The Bertz CT molecular complexity index is 925. The van der Waals surface area contributed by atoms with Gasteiger partial charge in [-0.25, -0.2) is 8.42 Å². The van der Waals surface area contributed by atoms with Crippen LogP contribution in [0.2, 0.25) is 0 Å². The van der Waals surface area contributed by atoms with E-state index in [0.717, 1.165) is 16.7 Å². The zero-order valence-corrected chi connectivity index (χ0v) is 16.1. The molecule has 1 aromatic carbocycles. The lowest BCUT2D eigenvalue weighted by Crippen LogP contribution is -2.43. The van der Waals surface area contributed by atoms with Crippen molar-refractivity contribution < 1.29 is 27.5 Å². The smallest absolute Gasteiger partial charge is 0.294 e. The molecule has 0 spiro atoms. The number of imide groups is 1. The summed E-state index contributed by atoms with van der Waals surface area (Å²) in [5.74, 6) is -0.650. The van der Waals surface area contributed by atoms with Crippen molar-refractivity contribution in [3.63, 3.8) is 0 Å². The van der Waals surface area contributed by atoms with Crippen LogP contribution in [0, 0.1) is 0 Å². The Morgan fingerprint density at radius 3 is 2.78 bits per heavy atom. The van der Waals surface area contributed by atoms with E-state index in [0.29, 0.717) is 17.7 Å². The molecule has 0 radical (unpaired) electrons. The third kappa shape index (κ3) is 4.51. The van der Waals surface area contributed by atoms with Gasteiger partial charge < -0.3 is 10.1 Å². The van der Waals surface area contributed by atoms with E-state index in [-0.39, 0.29) is 16.4 Å². The predicted molar refractivity (Wildman–Crippen MR) is 101 cm³/mol. The van der Waals surface area contributed by atoms with Gasteiger partial charge in [0.05, 0.1) is 23.5 Å². The van der Waals surface area contributed by atoms with E-state index < -0.39 is 39.5 Å². The fourth-order valence-electron chi connectivity index (χ4n) is 2.89. The van der Waals surface area contributed by atoms with Crippen molar-refractivity contribution in [2.24, 2.45) is 0 Å². The van der Waals surface area contributed by atoms with Gasteiger partial charge in [0, 0.05) is 11.6 Å². The average molecular weight is 410 g/mol. The van der Waals surface area contributed by atoms with Crippen molar-refractivity contribution in [3.8, 4) is 5.75 Å². The lowest BCUT2D eigenvalue weighted by Gasteiger charge is -2.15. The monoisotopic (exact) mass is 410 g/mol. The van der Waals surface area contributed by atoms with Crippen molar-refractivity contribution in [2.45, 2.75) is 12.5 Å². The van der Waals surface area contributed by atoms with E-state index in [1.165, 1.54) is 7.11 Å². The molecule has 1 aromatic rings. The molecule has 27 heavy (non-hydrogen) atoms. The Morgan fingerprint density at radius 2 is 2.11 bits per heavy atom. The molecule has 8 nitrogen and oxygen atoms in total. The second-order valence-electron chi connectivity index (χ2n) is 6.18. The molecule has 0 unspecified atom stereocenters. The molecule has 0 aromatic heterocycles. The van der Waals surface area contributed by atoms with Crippen molar-refractivity contribution >= 4 is 44.7 Å². The van der Waals surface area contributed by atoms with Gasteiger partial charge in [0.25, 0.3) is 11.1 Å². The number of rotatable bonds is 5. The van der Waals surface area contributed by atoms with Crippen LogP contribution in [-0.2, 0) is 19.4 Å². The summed E-state index contributed by atoms with van der Waals surface area (Å²) >= 11 is 0.747. The van der Waals surface area contributed by atoms with Crippen LogP contribution in [0.3, 0.4) is 0 Å². The summed E-state index contributed by atoms with van der Waals surface area (Å²) in [6.07, 6.45) is 1.88. The fraction of sp³-hybridized carbons (Fsp3) is 0.353. The molecule has 0 aliphatic carbocycles. The summed E-state index contributed by atoms with van der Waals surface area (Å²) in [6.45, 7) is -0.440. The number of sulfone groups is 1. The van der Waals surface area contributed by atoms with Crippen LogP contribution in [0.1, 0.15) is 12.0 Å². The van der Waals surface area contributed by atoms with Crippen LogP contribution in [-0.4, -0.2) is 61.6 Å². The first-order chi connectivity index (χ1) is 12.8. The number of carbonyl (C=O) groups is 3. The van der Waals surface area contributed by atoms with E-state index in [9.17, 15) is 22.8 Å². The molecule has 2 aliphatic heterocycles. The molecule has 0 saturated carbocycles. The quantitative estimate of drug-likeness (QED) is 0.722. The molecule has 144 valence electrons. The molecule has 2 aliphatic rings. The number of amides is 3. The van der Waals surface area contributed by atoms with Crippen molar-refractivity contribution in [1.82, 2.24) is 10.2 Å².